The molecule has 0 unspecified atom stereocenters. The van der Waals surface area contributed by atoms with Crippen molar-refractivity contribution in [2.24, 2.45) is 4.99 Å². The van der Waals surface area contributed by atoms with Crippen LogP contribution < -0.4 is 0 Å². The number of hydrogen-bond donors (Lipinski definition) is 0. The van der Waals surface area contributed by atoms with Crippen LogP contribution in [0.2, 0.25) is 0 Å². The van der Waals surface area contributed by atoms with Gasteiger partial charge in [-0.25, -0.2) is 19.4 Å². The molecular formula is C28H39NO7. The Kier molecular flexibility index (Phi) is 8.13. The minimum Gasteiger partial charge on any atom is -0.470 e. The second-order valence-corrected chi connectivity index (χ2v) is 11.9. The van der Waals surface area contributed by atoms with Crippen LogP contribution in [0.5, 0.6) is 0 Å². The predicted molar refractivity (Wildman–Crippen MR) is 136 cm³/mol. The summed E-state index contributed by atoms with van der Waals surface area (Å²) < 4.78 is 22.7. The summed E-state index contributed by atoms with van der Waals surface area (Å²) in [6.45, 7) is 18.7. The Morgan fingerprint density at radius 2 is 1.25 bits per heavy atom. The number of benzene rings is 1. The fourth-order valence-corrected chi connectivity index (χ4v) is 3.75. The van der Waals surface area contributed by atoms with Crippen molar-refractivity contribution in [3.8, 4) is 0 Å². The van der Waals surface area contributed by atoms with Gasteiger partial charge in [-0.1, -0.05) is 30.3 Å². The lowest BCUT2D eigenvalue weighted by Crippen LogP contribution is -2.41. The largest absolute Gasteiger partial charge is 0.470 e. The number of allylic oxidation sites excluding steroid dienone is 1. The quantitative estimate of drug-likeness (QED) is 0.235. The number of hydrogen-bond acceptors (Lipinski definition) is 8. The van der Waals surface area contributed by atoms with Crippen molar-refractivity contribution in [3.63, 3.8) is 0 Å². The van der Waals surface area contributed by atoms with E-state index in [4.69, 9.17) is 18.9 Å². The Morgan fingerprint density at radius 3 is 1.67 bits per heavy atom. The zero-order chi connectivity index (χ0) is 27.7. The van der Waals surface area contributed by atoms with Crippen molar-refractivity contribution in [3.05, 3.63) is 47.2 Å². The molecule has 2 rings (SSSR count). The summed E-state index contributed by atoms with van der Waals surface area (Å²) >= 11 is 0. The van der Waals surface area contributed by atoms with Crippen LogP contribution in [0.4, 0.5) is 0 Å². The van der Waals surface area contributed by atoms with Crippen LogP contribution in [-0.2, 0) is 33.3 Å². The number of carbonyl (C=O) groups excluding carboxylic acids is 3. The molecule has 36 heavy (non-hydrogen) atoms. The van der Waals surface area contributed by atoms with Gasteiger partial charge in [0.1, 0.15) is 22.6 Å². The minimum absolute atomic E-state index is 0.259. The number of nitrogens with zero attached hydrogens (tertiary/aromatic N) is 1. The monoisotopic (exact) mass is 501 g/mol. The van der Waals surface area contributed by atoms with E-state index in [-0.39, 0.29) is 11.3 Å². The molecule has 0 radical (unpaired) electrons. The summed E-state index contributed by atoms with van der Waals surface area (Å²) in [5, 5.41) is 0. The van der Waals surface area contributed by atoms with Crippen molar-refractivity contribution in [2.75, 3.05) is 0 Å². The second kappa shape index (κ2) is 10.1. The highest BCUT2D eigenvalue weighted by molar-refractivity contribution is 6.62. The fourth-order valence-electron chi connectivity index (χ4n) is 3.75. The molecule has 198 valence electrons. The van der Waals surface area contributed by atoms with Crippen molar-refractivity contribution in [1.82, 2.24) is 0 Å². The van der Waals surface area contributed by atoms with E-state index in [1.54, 1.807) is 76.2 Å². The van der Waals surface area contributed by atoms with Gasteiger partial charge in [-0.15, -0.1) is 0 Å². The Morgan fingerprint density at radius 1 is 0.806 bits per heavy atom. The fraction of sp³-hybridized carbons (Fsp3) is 0.571. The number of rotatable bonds is 5. The summed E-state index contributed by atoms with van der Waals surface area (Å²) in [5.74, 6) is -2.94. The molecule has 0 saturated heterocycles. The molecule has 0 saturated carbocycles. The van der Waals surface area contributed by atoms with Crippen LogP contribution in [-0.4, -0.2) is 46.1 Å². The Balaban J connectivity index is 2.69. The second-order valence-electron chi connectivity index (χ2n) is 11.9. The molecule has 0 spiro atoms. The van der Waals surface area contributed by atoms with Crippen LogP contribution in [0.3, 0.4) is 0 Å². The highest BCUT2D eigenvalue weighted by Crippen LogP contribution is 2.48. The predicted octanol–water partition coefficient (Wildman–Crippen LogP) is 5.26. The molecule has 0 N–H and O–H groups in total. The summed E-state index contributed by atoms with van der Waals surface area (Å²) in [4.78, 5) is 44.0. The Hall–Kier alpha value is -3.16. The van der Waals surface area contributed by atoms with E-state index in [2.05, 4.69) is 4.99 Å². The van der Waals surface area contributed by atoms with Gasteiger partial charge in [0.05, 0.1) is 11.5 Å². The maximum absolute atomic E-state index is 13.3. The van der Waals surface area contributed by atoms with Crippen LogP contribution in [0.15, 0.2) is 46.7 Å². The molecule has 0 bridgehead atoms. The number of ether oxygens (including phenoxy) is 4. The average molecular weight is 502 g/mol. The molecule has 1 heterocycles. The highest BCUT2D eigenvalue weighted by Gasteiger charge is 2.51. The van der Waals surface area contributed by atoms with Gasteiger partial charge in [0.25, 0.3) is 0 Å². The number of carbonyl (C=O) groups is 3. The Bertz CT molecular complexity index is 1040. The lowest BCUT2D eigenvalue weighted by atomic mass is 9.84. The molecule has 8 heteroatoms. The average Bonchev–Trinajstić information content (AvgIpc) is 2.93. The normalized spacial score (nSPS) is 20.4. The summed E-state index contributed by atoms with van der Waals surface area (Å²) in [6.07, 6.45) is 0. The zero-order valence-corrected chi connectivity index (χ0v) is 23.3. The lowest BCUT2D eigenvalue weighted by molar-refractivity contribution is -0.152. The van der Waals surface area contributed by atoms with Gasteiger partial charge in [0, 0.05) is 0 Å². The molecular weight excluding hydrogens is 462 g/mol. The summed E-state index contributed by atoms with van der Waals surface area (Å²) in [5.41, 5.74) is -3.64. The lowest BCUT2D eigenvalue weighted by Gasteiger charge is -2.30. The van der Waals surface area contributed by atoms with E-state index < -0.39 is 52.1 Å². The van der Waals surface area contributed by atoms with E-state index in [0.717, 1.165) is 0 Å². The third kappa shape index (κ3) is 7.67. The molecule has 0 amide bonds. The zero-order valence-electron chi connectivity index (χ0n) is 23.3. The first kappa shape index (κ1) is 29.1. The van der Waals surface area contributed by atoms with Crippen LogP contribution >= 0.6 is 0 Å². The molecule has 1 aliphatic heterocycles. The van der Waals surface area contributed by atoms with Gasteiger partial charge < -0.3 is 18.9 Å². The topological polar surface area (TPSA) is 100 Å². The molecule has 0 fully saturated rings. The van der Waals surface area contributed by atoms with E-state index in [1.807, 2.05) is 30.3 Å². The van der Waals surface area contributed by atoms with Gasteiger partial charge in [0.15, 0.2) is 0 Å². The molecule has 1 aliphatic rings. The maximum Gasteiger partial charge on any atom is 0.364 e. The van der Waals surface area contributed by atoms with Crippen molar-refractivity contribution >= 4 is 23.6 Å². The van der Waals surface area contributed by atoms with Gasteiger partial charge in [-0.2, -0.15) is 0 Å². The van der Waals surface area contributed by atoms with Crippen LogP contribution in [0, 0.1) is 0 Å². The van der Waals surface area contributed by atoms with Crippen molar-refractivity contribution < 1.29 is 33.3 Å². The van der Waals surface area contributed by atoms with Crippen molar-refractivity contribution in [1.29, 1.82) is 0 Å². The van der Waals surface area contributed by atoms with E-state index in [9.17, 15) is 14.4 Å². The minimum atomic E-state index is -1.54. The van der Waals surface area contributed by atoms with E-state index in [1.165, 1.54) is 0 Å². The molecule has 2 atom stereocenters. The standard InChI is InChI=1S/C28H39NO7/c1-17-19(22(30)34-25(2,3)4)20(18-15-13-12-14-16-18)28(11,33-17)29-21(23(31)35-26(5,6)7)24(32)36-27(8,9)10/h12-16,20H,1-11H3/t20-,28+/m1/s1. The smallest absolute Gasteiger partial charge is 0.364 e. The van der Waals surface area contributed by atoms with Crippen LogP contribution in [0.25, 0.3) is 0 Å². The summed E-state index contributed by atoms with van der Waals surface area (Å²) in [6, 6.07) is 9.14. The van der Waals surface area contributed by atoms with Gasteiger partial charge >= 0.3 is 17.9 Å². The van der Waals surface area contributed by atoms with Gasteiger partial charge in [-0.3, -0.25) is 0 Å². The highest BCUT2D eigenvalue weighted by atomic mass is 16.6. The maximum atomic E-state index is 13.3. The third-order valence-electron chi connectivity index (χ3n) is 4.83. The molecule has 0 aromatic heterocycles. The molecule has 0 aliphatic carbocycles. The van der Waals surface area contributed by atoms with Gasteiger partial charge in [0.2, 0.25) is 11.4 Å². The van der Waals surface area contributed by atoms with Gasteiger partial charge in [-0.05, 0) is 81.7 Å². The van der Waals surface area contributed by atoms with E-state index >= 15 is 0 Å². The third-order valence-corrected chi connectivity index (χ3v) is 4.83. The van der Waals surface area contributed by atoms with E-state index in [0.29, 0.717) is 5.56 Å². The Labute approximate surface area is 214 Å². The van der Waals surface area contributed by atoms with Crippen LogP contribution in [0.1, 0.15) is 87.6 Å². The first-order chi connectivity index (χ1) is 16.2. The SMILES string of the molecule is CC1=C(C(=O)OC(C)(C)C)[C@@H](c2ccccc2)[C@@](C)(N=C(C(=O)OC(C)(C)C)C(=O)OC(C)(C)C)O1. The summed E-state index contributed by atoms with van der Waals surface area (Å²) in [7, 11) is 0. The molecule has 1 aromatic carbocycles. The number of aliphatic imine (C=N–C) groups is 1. The first-order valence-corrected chi connectivity index (χ1v) is 12.0. The van der Waals surface area contributed by atoms with Crippen molar-refractivity contribution in [2.45, 2.75) is 105 Å². The first-order valence-electron chi connectivity index (χ1n) is 12.0. The molecule has 8 nitrogen and oxygen atoms in total. The molecule has 1 aromatic rings. The number of esters is 3.